The van der Waals surface area contributed by atoms with Gasteiger partial charge in [0.05, 0.1) is 6.54 Å². The minimum Gasteiger partial charge on any atom is -0.352 e. The molecule has 3 fully saturated rings. The van der Waals surface area contributed by atoms with Crippen molar-refractivity contribution in [3.63, 3.8) is 0 Å². The van der Waals surface area contributed by atoms with E-state index in [9.17, 15) is 9.59 Å². The molecule has 0 radical (unpaired) electrons. The van der Waals surface area contributed by atoms with Crippen LogP contribution in [0.4, 0.5) is 0 Å². The van der Waals surface area contributed by atoms with Crippen molar-refractivity contribution in [1.29, 1.82) is 0 Å². The molecule has 2 heterocycles. The van der Waals surface area contributed by atoms with Crippen molar-refractivity contribution in [2.24, 2.45) is 11.8 Å². The summed E-state index contributed by atoms with van der Waals surface area (Å²) in [5.74, 6) is 1.37. The van der Waals surface area contributed by atoms with Crippen LogP contribution in [0.25, 0.3) is 0 Å². The smallest absolute Gasteiger partial charge is 0.234 e. The van der Waals surface area contributed by atoms with Crippen LogP contribution in [0.1, 0.15) is 52.4 Å². The highest BCUT2D eigenvalue weighted by molar-refractivity contribution is 5.85. The second kappa shape index (κ2) is 10.6. The summed E-state index contributed by atoms with van der Waals surface area (Å²) in [7, 11) is 0. The number of nitrogens with zero attached hydrogens (tertiary/aromatic N) is 2. The summed E-state index contributed by atoms with van der Waals surface area (Å²) < 4.78 is 0. The molecule has 1 saturated carbocycles. The van der Waals surface area contributed by atoms with Crippen LogP contribution in [0, 0.1) is 11.8 Å². The molecule has 7 heteroatoms. The number of carbonyl (C=O) groups excluding carboxylic acids is 2. The molecule has 27 heavy (non-hydrogen) atoms. The van der Waals surface area contributed by atoms with Gasteiger partial charge in [-0.05, 0) is 45.1 Å². The second-order valence-corrected chi connectivity index (χ2v) is 8.71. The number of nitrogens with one attached hydrogen (secondary N) is 2. The van der Waals surface area contributed by atoms with Crippen molar-refractivity contribution in [2.75, 3.05) is 39.3 Å². The van der Waals surface area contributed by atoms with Crippen molar-refractivity contribution in [1.82, 2.24) is 20.4 Å². The standard InChI is InChI=1S/C20H36N4O2.ClH/c1-15-4-3-5-18(12-15)22-19(25)14-23-8-10-24(11-9-23)20(26)17-6-7-21-16(2)13-17;/h15-18,21H,3-14H2,1-2H3,(H,22,25);1H/t15?,16-,17-,18?;/m0./s1. The molecule has 3 rings (SSSR count). The summed E-state index contributed by atoms with van der Waals surface area (Å²) in [6.07, 6.45) is 6.64. The molecule has 6 nitrogen and oxygen atoms in total. The molecule has 2 saturated heterocycles. The van der Waals surface area contributed by atoms with Gasteiger partial charge in [0, 0.05) is 44.2 Å². The first-order valence-corrected chi connectivity index (χ1v) is 10.5. The Morgan fingerprint density at radius 1 is 1.04 bits per heavy atom. The van der Waals surface area contributed by atoms with Gasteiger partial charge in [-0.15, -0.1) is 12.4 Å². The summed E-state index contributed by atoms with van der Waals surface area (Å²) >= 11 is 0. The number of amides is 2. The van der Waals surface area contributed by atoms with E-state index >= 15 is 0 Å². The lowest BCUT2D eigenvalue weighted by atomic mass is 9.87. The summed E-state index contributed by atoms with van der Waals surface area (Å²) in [5.41, 5.74) is 0. The summed E-state index contributed by atoms with van der Waals surface area (Å²) in [6.45, 7) is 8.97. The van der Waals surface area contributed by atoms with E-state index in [1.165, 1.54) is 12.8 Å². The van der Waals surface area contributed by atoms with Crippen molar-refractivity contribution in [3.8, 4) is 0 Å². The number of carbonyl (C=O) groups is 2. The highest BCUT2D eigenvalue weighted by Crippen LogP contribution is 2.23. The van der Waals surface area contributed by atoms with Gasteiger partial charge in [0.2, 0.25) is 11.8 Å². The van der Waals surface area contributed by atoms with Crippen LogP contribution in [0.15, 0.2) is 0 Å². The fourth-order valence-corrected chi connectivity index (χ4v) is 4.78. The van der Waals surface area contributed by atoms with Gasteiger partial charge in [-0.2, -0.15) is 0 Å². The van der Waals surface area contributed by atoms with Crippen LogP contribution in [-0.4, -0.2) is 73.0 Å². The number of halogens is 1. The van der Waals surface area contributed by atoms with E-state index < -0.39 is 0 Å². The van der Waals surface area contributed by atoms with E-state index in [1.54, 1.807) is 0 Å². The zero-order chi connectivity index (χ0) is 18.5. The van der Waals surface area contributed by atoms with Gasteiger partial charge in [-0.3, -0.25) is 14.5 Å². The van der Waals surface area contributed by atoms with Crippen molar-refractivity contribution < 1.29 is 9.59 Å². The topological polar surface area (TPSA) is 64.7 Å². The first-order valence-electron chi connectivity index (χ1n) is 10.5. The number of hydrogen-bond donors (Lipinski definition) is 2. The third kappa shape index (κ3) is 6.61. The molecule has 0 aromatic heterocycles. The third-order valence-corrected chi connectivity index (χ3v) is 6.33. The fraction of sp³-hybridized carbons (Fsp3) is 0.900. The Kier molecular flexibility index (Phi) is 8.83. The first-order chi connectivity index (χ1) is 12.5. The molecule has 3 aliphatic rings. The second-order valence-electron chi connectivity index (χ2n) is 8.71. The molecule has 4 atom stereocenters. The zero-order valence-corrected chi connectivity index (χ0v) is 17.7. The normalized spacial score (nSPS) is 32.4. The molecular formula is C20H37ClN4O2. The first kappa shape index (κ1) is 22.4. The van der Waals surface area contributed by atoms with Gasteiger partial charge < -0.3 is 15.5 Å². The predicted molar refractivity (Wildman–Crippen MR) is 110 cm³/mol. The monoisotopic (exact) mass is 400 g/mol. The van der Waals surface area contributed by atoms with Gasteiger partial charge >= 0.3 is 0 Å². The van der Waals surface area contributed by atoms with E-state index in [4.69, 9.17) is 0 Å². The predicted octanol–water partition coefficient (Wildman–Crippen LogP) is 1.64. The third-order valence-electron chi connectivity index (χ3n) is 6.33. The van der Waals surface area contributed by atoms with E-state index in [0.717, 1.165) is 64.3 Å². The quantitative estimate of drug-likeness (QED) is 0.752. The Bertz CT molecular complexity index is 496. The molecule has 2 amide bonds. The largest absolute Gasteiger partial charge is 0.352 e. The summed E-state index contributed by atoms with van der Waals surface area (Å²) in [6, 6.07) is 0.793. The molecule has 1 aliphatic carbocycles. The maximum absolute atomic E-state index is 12.7. The number of piperazine rings is 1. The van der Waals surface area contributed by atoms with Crippen LogP contribution in [0.3, 0.4) is 0 Å². The highest BCUT2D eigenvalue weighted by atomic mass is 35.5. The molecular weight excluding hydrogens is 364 g/mol. The van der Waals surface area contributed by atoms with Crippen LogP contribution in [-0.2, 0) is 9.59 Å². The molecule has 0 spiro atoms. The average molecular weight is 401 g/mol. The summed E-state index contributed by atoms with van der Waals surface area (Å²) in [5, 5.41) is 6.63. The van der Waals surface area contributed by atoms with Crippen LogP contribution in [0.2, 0.25) is 0 Å². The van der Waals surface area contributed by atoms with Gasteiger partial charge in [0.25, 0.3) is 0 Å². The molecule has 0 bridgehead atoms. The Morgan fingerprint density at radius 3 is 2.44 bits per heavy atom. The van der Waals surface area contributed by atoms with Crippen molar-refractivity contribution in [2.45, 2.75) is 64.5 Å². The van der Waals surface area contributed by atoms with E-state index in [2.05, 4.69) is 29.4 Å². The molecule has 0 aromatic carbocycles. The Labute approximate surface area is 170 Å². The lowest BCUT2D eigenvalue weighted by Crippen LogP contribution is -2.54. The highest BCUT2D eigenvalue weighted by Gasteiger charge is 2.31. The lowest BCUT2D eigenvalue weighted by Gasteiger charge is -2.38. The maximum Gasteiger partial charge on any atom is 0.234 e. The van der Waals surface area contributed by atoms with Gasteiger partial charge in [-0.1, -0.05) is 19.8 Å². The maximum atomic E-state index is 12.7. The SMILES string of the molecule is CC1CCCC(NC(=O)CN2CCN(C(=O)[C@H]3CCN[C@@H](C)C3)CC2)C1.Cl. The average Bonchev–Trinajstić information content (AvgIpc) is 2.61. The molecule has 2 aliphatic heterocycles. The Hall–Kier alpha value is -0.850. The number of rotatable bonds is 4. The van der Waals surface area contributed by atoms with Gasteiger partial charge in [0.1, 0.15) is 0 Å². The van der Waals surface area contributed by atoms with Crippen molar-refractivity contribution in [3.05, 3.63) is 0 Å². The van der Waals surface area contributed by atoms with Gasteiger partial charge in [-0.25, -0.2) is 0 Å². The Morgan fingerprint density at radius 2 is 1.78 bits per heavy atom. The van der Waals surface area contributed by atoms with Crippen LogP contribution < -0.4 is 10.6 Å². The number of hydrogen-bond acceptors (Lipinski definition) is 4. The van der Waals surface area contributed by atoms with E-state index in [1.807, 2.05) is 4.90 Å². The molecule has 2 unspecified atom stereocenters. The minimum absolute atomic E-state index is 0. The Balaban J connectivity index is 0.00000261. The molecule has 156 valence electrons. The lowest BCUT2D eigenvalue weighted by molar-refractivity contribution is -0.138. The summed E-state index contributed by atoms with van der Waals surface area (Å²) in [4.78, 5) is 29.3. The van der Waals surface area contributed by atoms with E-state index in [-0.39, 0.29) is 24.2 Å². The fourth-order valence-electron chi connectivity index (χ4n) is 4.78. The van der Waals surface area contributed by atoms with Crippen LogP contribution in [0.5, 0.6) is 0 Å². The minimum atomic E-state index is 0. The molecule has 2 N–H and O–H groups in total. The molecule has 0 aromatic rings. The van der Waals surface area contributed by atoms with E-state index in [0.29, 0.717) is 24.5 Å². The van der Waals surface area contributed by atoms with Gasteiger partial charge in [0.15, 0.2) is 0 Å². The zero-order valence-electron chi connectivity index (χ0n) is 16.9. The number of piperidine rings is 1. The van der Waals surface area contributed by atoms with Crippen LogP contribution >= 0.6 is 12.4 Å². The van der Waals surface area contributed by atoms with Crippen molar-refractivity contribution >= 4 is 24.2 Å².